The van der Waals surface area contributed by atoms with Crippen LogP contribution in [0.15, 0.2) is 73.2 Å². The predicted octanol–water partition coefficient (Wildman–Crippen LogP) is 5.20. The smallest absolute Gasteiger partial charge is 0.303 e. The van der Waals surface area contributed by atoms with Gasteiger partial charge in [0.15, 0.2) is 0 Å². The molecular formula is C28H26ClN5O3. The van der Waals surface area contributed by atoms with E-state index >= 15 is 0 Å². The number of carbonyl (C=O) groups is 2. The number of carbonyl (C=O) groups excluding carboxylic acids is 2. The predicted molar refractivity (Wildman–Crippen MR) is 140 cm³/mol. The molecule has 0 unspecified atom stereocenters. The van der Waals surface area contributed by atoms with Gasteiger partial charge in [0.25, 0.3) is 5.91 Å². The van der Waals surface area contributed by atoms with E-state index in [0.717, 1.165) is 41.1 Å². The molecule has 5 rings (SSSR count). The Bertz CT molecular complexity index is 1370. The first-order valence-corrected chi connectivity index (χ1v) is 12.5. The van der Waals surface area contributed by atoms with E-state index in [1.807, 2.05) is 48.5 Å². The van der Waals surface area contributed by atoms with Gasteiger partial charge in [0.05, 0.1) is 5.69 Å². The third kappa shape index (κ3) is 5.39. The monoisotopic (exact) mass is 515 g/mol. The molecule has 1 aliphatic heterocycles. The quantitative estimate of drug-likeness (QED) is 0.354. The molecule has 1 fully saturated rings. The molecule has 1 saturated heterocycles. The molecule has 2 aromatic carbocycles. The van der Waals surface area contributed by atoms with Crippen LogP contribution in [0.25, 0.3) is 22.5 Å². The zero-order valence-corrected chi connectivity index (χ0v) is 21.1. The van der Waals surface area contributed by atoms with Crippen LogP contribution in [-0.2, 0) is 14.3 Å². The Morgan fingerprint density at radius 1 is 1.05 bits per heavy atom. The van der Waals surface area contributed by atoms with E-state index in [9.17, 15) is 9.59 Å². The summed E-state index contributed by atoms with van der Waals surface area (Å²) in [4.78, 5) is 35.5. The highest BCUT2D eigenvalue weighted by molar-refractivity contribution is 6.30. The fourth-order valence-electron chi connectivity index (χ4n) is 4.77. The van der Waals surface area contributed by atoms with Crippen molar-refractivity contribution in [1.29, 1.82) is 0 Å². The number of piperidine rings is 1. The molecule has 1 aliphatic rings. The van der Waals surface area contributed by atoms with E-state index in [1.165, 1.54) is 13.3 Å². The van der Waals surface area contributed by atoms with Crippen molar-refractivity contribution < 1.29 is 14.3 Å². The van der Waals surface area contributed by atoms with Crippen LogP contribution in [0.2, 0.25) is 5.02 Å². The molecule has 1 amide bonds. The summed E-state index contributed by atoms with van der Waals surface area (Å²) in [5.74, 6) is -0.549. The molecule has 37 heavy (non-hydrogen) atoms. The van der Waals surface area contributed by atoms with E-state index in [2.05, 4.69) is 20.2 Å². The summed E-state index contributed by atoms with van der Waals surface area (Å²) in [5.41, 5.74) is 5.08. The molecule has 0 bridgehead atoms. The highest BCUT2D eigenvalue weighted by Gasteiger charge is 2.33. The number of benzene rings is 2. The van der Waals surface area contributed by atoms with Gasteiger partial charge in [0.1, 0.15) is 12.0 Å². The minimum absolute atomic E-state index is 0.145. The van der Waals surface area contributed by atoms with Gasteiger partial charge in [0, 0.05) is 59.5 Å². The molecule has 4 aromatic rings. The van der Waals surface area contributed by atoms with Crippen molar-refractivity contribution in [3.05, 3.63) is 89.5 Å². The van der Waals surface area contributed by atoms with Gasteiger partial charge in [0.2, 0.25) is 6.10 Å². The third-order valence-corrected chi connectivity index (χ3v) is 6.83. The Morgan fingerprint density at radius 3 is 2.43 bits per heavy atom. The number of aromatic nitrogens is 4. The Hall–Kier alpha value is -4.04. The number of esters is 1. The second kappa shape index (κ2) is 10.9. The first-order valence-electron chi connectivity index (χ1n) is 12.1. The molecule has 0 aliphatic carbocycles. The molecule has 1 N–H and O–H groups in total. The Kier molecular flexibility index (Phi) is 7.28. The second-order valence-corrected chi connectivity index (χ2v) is 9.40. The number of rotatable bonds is 6. The fourth-order valence-corrected chi connectivity index (χ4v) is 4.90. The van der Waals surface area contributed by atoms with Gasteiger partial charge < -0.3 is 9.64 Å². The Labute approximate surface area is 219 Å². The topological polar surface area (TPSA) is 101 Å². The number of amides is 1. The van der Waals surface area contributed by atoms with Gasteiger partial charge in [-0.1, -0.05) is 54.1 Å². The summed E-state index contributed by atoms with van der Waals surface area (Å²) in [6, 6.07) is 18.5. The summed E-state index contributed by atoms with van der Waals surface area (Å²) < 4.78 is 5.43. The molecule has 1 atom stereocenters. The summed E-state index contributed by atoms with van der Waals surface area (Å²) in [7, 11) is 0. The van der Waals surface area contributed by atoms with E-state index in [0.29, 0.717) is 23.7 Å². The highest BCUT2D eigenvalue weighted by Crippen LogP contribution is 2.39. The van der Waals surface area contributed by atoms with Gasteiger partial charge in [-0.15, -0.1) is 0 Å². The van der Waals surface area contributed by atoms with Crippen molar-refractivity contribution >= 4 is 23.5 Å². The number of likely N-dealkylation sites (tertiary alicyclic amines) is 1. The zero-order chi connectivity index (χ0) is 25.8. The van der Waals surface area contributed by atoms with Crippen LogP contribution in [0, 0.1) is 0 Å². The summed E-state index contributed by atoms with van der Waals surface area (Å²) in [6.45, 7) is 2.39. The lowest BCUT2D eigenvalue weighted by Crippen LogP contribution is -2.41. The third-order valence-electron chi connectivity index (χ3n) is 6.58. The maximum atomic E-state index is 13.4. The molecule has 8 nitrogen and oxygen atoms in total. The average molecular weight is 516 g/mol. The number of halogens is 1. The number of nitrogens with one attached hydrogen (secondary N) is 1. The van der Waals surface area contributed by atoms with Crippen molar-refractivity contribution in [3.63, 3.8) is 0 Å². The SMILES string of the molecule is CC(=O)O[C@@H](C(=O)N1CCC(c2[nH]nc(-c3ccc(Cl)cc3)c2-c2ccncn2)CC1)c1ccccc1. The Morgan fingerprint density at radius 2 is 1.78 bits per heavy atom. The van der Waals surface area contributed by atoms with Crippen molar-refractivity contribution in [2.45, 2.75) is 31.8 Å². The molecule has 0 saturated carbocycles. The molecule has 9 heteroatoms. The van der Waals surface area contributed by atoms with Crippen molar-refractivity contribution in [3.8, 4) is 22.5 Å². The van der Waals surface area contributed by atoms with Crippen molar-refractivity contribution in [2.24, 2.45) is 0 Å². The molecular weight excluding hydrogens is 490 g/mol. The first kappa shape index (κ1) is 24.6. The number of aromatic amines is 1. The number of hydrogen-bond acceptors (Lipinski definition) is 6. The van der Waals surface area contributed by atoms with E-state index in [4.69, 9.17) is 16.3 Å². The lowest BCUT2D eigenvalue weighted by atomic mass is 9.88. The molecule has 3 heterocycles. The summed E-state index contributed by atoms with van der Waals surface area (Å²) in [5, 5.41) is 8.57. The standard InChI is InChI=1S/C28H26ClN5O3/c1-18(35)37-27(21-5-3-2-4-6-21)28(36)34-15-12-20(13-16-34)26-24(23-11-14-30-17-31-23)25(32-33-26)19-7-9-22(29)10-8-19/h2-11,14,17,20,27H,12-13,15-16H2,1H3,(H,32,33)/t27-/m1/s1. The van der Waals surface area contributed by atoms with Crippen LogP contribution < -0.4 is 0 Å². The van der Waals surface area contributed by atoms with Crippen LogP contribution in [0.1, 0.15) is 43.0 Å². The van der Waals surface area contributed by atoms with Crippen LogP contribution in [-0.4, -0.2) is 50.0 Å². The lowest BCUT2D eigenvalue weighted by molar-refractivity contribution is -0.159. The zero-order valence-electron chi connectivity index (χ0n) is 20.3. The minimum atomic E-state index is -0.949. The van der Waals surface area contributed by atoms with Crippen molar-refractivity contribution in [2.75, 3.05) is 13.1 Å². The van der Waals surface area contributed by atoms with E-state index in [-0.39, 0.29) is 11.8 Å². The molecule has 0 radical (unpaired) electrons. The largest absolute Gasteiger partial charge is 0.447 e. The Balaban J connectivity index is 1.39. The molecule has 188 valence electrons. The number of hydrogen-bond donors (Lipinski definition) is 1. The van der Waals surface area contributed by atoms with Gasteiger partial charge >= 0.3 is 5.97 Å². The van der Waals surface area contributed by atoms with Crippen molar-refractivity contribution in [1.82, 2.24) is 25.1 Å². The molecule has 2 aromatic heterocycles. The van der Waals surface area contributed by atoms with E-state index < -0.39 is 12.1 Å². The summed E-state index contributed by atoms with van der Waals surface area (Å²) in [6.07, 6.45) is 3.75. The van der Waals surface area contributed by atoms with Gasteiger partial charge in [-0.05, 0) is 31.0 Å². The molecule has 0 spiro atoms. The number of H-pyrrole nitrogens is 1. The second-order valence-electron chi connectivity index (χ2n) is 8.96. The number of nitrogens with zero attached hydrogens (tertiary/aromatic N) is 4. The van der Waals surface area contributed by atoms with Gasteiger partial charge in [-0.25, -0.2) is 9.97 Å². The highest BCUT2D eigenvalue weighted by atomic mass is 35.5. The van der Waals surface area contributed by atoms with Crippen LogP contribution >= 0.6 is 11.6 Å². The minimum Gasteiger partial charge on any atom is -0.447 e. The maximum absolute atomic E-state index is 13.4. The van der Waals surface area contributed by atoms with E-state index in [1.54, 1.807) is 23.2 Å². The van der Waals surface area contributed by atoms with Crippen LogP contribution in [0.4, 0.5) is 0 Å². The van der Waals surface area contributed by atoms with Crippen LogP contribution in [0.5, 0.6) is 0 Å². The fraction of sp³-hybridized carbons (Fsp3) is 0.250. The van der Waals surface area contributed by atoms with Gasteiger partial charge in [-0.2, -0.15) is 5.10 Å². The van der Waals surface area contributed by atoms with Gasteiger partial charge in [-0.3, -0.25) is 14.7 Å². The first-order chi connectivity index (χ1) is 18.0. The number of ether oxygens (including phenoxy) is 1. The summed E-state index contributed by atoms with van der Waals surface area (Å²) >= 11 is 6.10. The maximum Gasteiger partial charge on any atom is 0.303 e. The lowest BCUT2D eigenvalue weighted by Gasteiger charge is -2.34. The van der Waals surface area contributed by atoms with Crippen LogP contribution in [0.3, 0.4) is 0 Å². The normalized spacial score (nSPS) is 14.8. The average Bonchev–Trinajstić information content (AvgIpc) is 3.38.